The summed E-state index contributed by atoms with van der Waals surface area (Å²) in [7, 11) is 1.41. The Kier molecular flexibility index (Phi) is 19.0. The van der Waals surface area contributed by atoms with Crippen molar-refractivity contribution in [3.05, 3.63) is 48.6 Å². The molecule has 1 aliphatic heterocycles. The number of benzene rings is 1. The fraction of sp³-hybridized carbons (Fsp3) is 0.743. The molecule has 0 amide bonds. The van der Waals surface area contributed by atoms with Gasteiger partial charge in [-0.1, -0.05) is 89.8 Å². The molecular weight excluding hydrogens is 546 g/mol. The lowest BCUT2D eigenvalue weighted by Crippen LogP contribution is -2.74. The van der Waals surface area contributed by atoms with Crippen molar-refractivity contribution in [3.63, 3.8) is 0 Å². The number of hydrogen-bond donors (Lipinski definition) is 1. The van der Waals surface area contributed by atoms with Crippen molar-refractivity contribution >= 4 is 5.97 Å². The second-order valence-corrected chi connectivity index (χ2v) is 11.4. The van der Waals surface area contributed by atoms with Gasteiger partial charge in [0, 0.05) is 33.0 Å². The number of rotatable bonds is 24. The van der Waals surface area contributed by atoms with Crippen LogP contribution in [0.25, 0.3) is 0 Å². The van der Waals surface area contributed by atoms with Crippen molar-refractivity contribution in [1.82, 2.24) is 5.32 Å². The molecule has 43 heavy (non-hydrogen) atoms. The first-order chi connectivity index (χ1) is 21.0. The maximum atomic E-state index is 13.7. The molecule has 246 valence electrons. The molecule has 1 aliphatic rings. The summed E-state index contributed by atoms with van der Waals surface area (Å²) in [5.74, 6) is -0.426. The number of methoxy groups -OCH3 is 1. The largest absolute Gasteiger partial charge is 0.468 e. The first kappa shape index (κ1) is 37.4. The third-order valence-electron chi connectivity index (χ3n) is 7.92. The summed E-state index contributed by atoms with van der Waals surface area (Å²) >= 11 is 0. The third kappa shape index (κ3) is 11.6. The molecule has 2 rings (SSSR count). The van der Waals surface area contributed by atoms with Crippen LogP contribution in [0.1, 0.15) is 91.0 Å². The maximum Gasteiger partial charge on any atom is 0.326 e. The van der Waals surface area contributed by atoms with E-state index in [1.807, 2.05) is 30.3 Å². The zero-order chi connectivity index (χ0) is 31.3. The van der Waals surface area contributed by atoms with Crippen LogP contribution in [0.4, 0.5) is 0 Å². The lowest BCUT2D eigenvalue weighted by atomic mass is 9.76. The number of esters is 1. The van der Waals surface area contributed by atoms with Gasteiger partial charge >= 0.3 is 5.97 Å². The zero-order valence-corrected chi connectivity index (χ0v) is 27.5. The Labute approximate surface area is 261 Å². The van der Waals surface area contributed by atoms with Gasteiger partial charge in [-0.05, 0) is 37.7 Å². The monoisotopic (exact) mass is 605 g/mol. The topological polar surface area (TPSA) is 84.5 Å². The van der Waals surface area contributed by atoms with Gasteiger partial charge in [0.2, 0.25) is 0 Å². The number of unbranched alkanes of at least 4 members (excludes halogenated alkanes) is 4. The number of nitrogens with one attached hydrogen (secondary N) is 1. The second kappa shape index (κ2) is 21.8. The number of ether oxygens (including phenoxy) is 6. The molecule has 8 nitrogen and oxygen atoms in total. The molecular formula is C35H59NO7. The van der Waals surface area contributed by atoms with Crippen LogP contribution in [0.5, 0.6) is 0 Å². The summed E-state index contributed by atoms with van der Waals surface area (Å²) < 4.78 is 38.7. The van der Waals surface area contributed by atoms with Crippen molar-refractivity contribution in [2.75, 3.05) is 40.1 Å². The van der Waals surface area contributed by atoms with Crippen molar-refractivity contribution in [2.24, 2.45) is 0 Å². The summed E-state index contributed by atoms with van der Waals surface area (Å²) in [5.41, 5.74) is -0.141. The van der Waals surface area contributed by atoms with Crippen molar-refractivity contribution in [1.29, 1.82) is 0 Å². The predicted molar refractivity (Wildman–Crippen MR) is 171 cm³/mol. The fourth-order valence-corrected chi connectivity index (χ4v) is 5.48. The van der Waals surface area contributed by atoms with Gasteiger partial charge in [0.15, 0.2) is 0 Å². The van der Waals surface area contributed by atoms with Crippen LogP contribution in [0.15, 0.2) is 43.0 Å². The highest BCUT2D eigenvalue weighted by atomic mass is 16.6. The first-order valence-corrected chi connectivity index (χ1v) is 16.6. The van der Waals surface area contributed by atoms with Crippen LogP contribution >= 0.6 is 0 Å². The second-order valence-electron chi connectivity index (χ2n) is 11.4. The van der Waals surface area contributed by atoms with E-state index in [4.69, 9.17) is 28.4 Å². The average molecular weight is 606 g/mol. The Balaban J connectivity index is 2.64. The van der Waals surface area contributed by atoms with E-state index in [1.54, 1.807) is 6.08 Å². The minimum Gasteiger partial charge on any atom is -0.468 e. The van der Waals surface area contributed by atoms with E-state index < -0.39 is 42.0 Å². The zero-order valence-electron chi connectivity index (χ0n) is 27.5. The van der Waals surface area contributed by atoms with Gasteiger partial charge in [0.1, 0.15) is 36.1 Å². The number of hydrogen-bond acceptors (Lipinski definition) is 8. The number of carbonyl (C=O) groups is 1. The van der Waals surface area contributed by atoms with Crippen LogP contribution in [0.3, 0.4) is 0 Å². The molecule has 0 radical (unpaired) electrons. The van der Waals surface area contributed by atoms with Crippen molar-refractivity contribution in [3.8, 4) is 0 Å². The highest BCUT2D eigenvalue weighted by molar-refractivity contribution is 5.77. The molecule has 6 atom stereocenters. The molecule has 1 N–H and O–H groups in total. The molecule has 1 aromatic rings. The Morgan fingerprint density at radius 1 is 0.907 bits per heavy atom. The van der Waals surface area contributed by atoms with E-state index in [0.29, 0.717) is 46.0 Å². The van der Waals surface area contributed by atoms with E-state index in [2.05, 4.69) is 39.6 Å². The summed E-state index contributed by atoms with van der Waals surface area (Å²) in [6, 6.07) is 9.12. The Hall–Kier alpha value is -1.81. The highest BCUT2D eigenvalue weighted by Gasteiger charge is 2.61. The van der Waals surface area contributed by atoms with Crippen molar-refractivity contribution < 1.29 is 33.2 Å². The highest BCUT2D eigenvalue weighted by Crippen LogP contribution is 2.41. The molecule has 1 aromatic carbocycles. The Morgan fingerprint density at radius 3 is 2.07 bits per heavy atom. The van der Waals surface area contributed by atoms with E-state index in [1.165, 1.54) is 7.11 Å². The van der Waals surface area contributed by atoms with Gasteiger partial charge in [-0.3, -0.25) is 10.1 Å². The smallest absolute Gasteiger partial charge is 0.326 e. The fourth-order valence-electron chi connectivity index (χ4n) is 5.48. The predicted octanol–water partition coefficient (Wildman–Crippen LogP) is 6.40. The van der Waals surface area contributed by atoms with E-state index in [-0.39, 0.29) is 0 Å². The number of carbonyl (C=O) groups excluding carboxylic acids is 1. The van der Waals surface area contributed by atoms with Crippen LogP contribution in [0.2, 0.25) is 0 Å². The lowest BCUT2D eigenvalue weighted by Gasteiger charge is -2.55. The molecule has 1 fully saturated rings. The minimum absolute atomic E-state index is 0.317. The third-order valence-corrected chi connectivity index (χ3v) is 7.92. The summed E-state index contributed by atoms with van der Waals surface area (Å²) in [4.78, 5) is 13.7. The summed E-state index contributed by atoms with van der Waals surface area (Å²) in [5, 5.41) is 3.49. The van der Waals surface area contributed by atoms with Gasteiger partial charge in [-0.25, -0.2) is 0 Å². The van der Waals surface area contributed by atoms with Crippen LogP contribution < -0.4 is 5.32 Å². The van der Waals surface area contributed by atoms with E-state index in [9.17, 15) is 4.79 Å². The molecule has 0 aliphatic carbocycles. The Morgan fingerprint density at radius 2 is 1.49 bits per heavy atom. The summed E-state index contributed by atoms with van der Waals surface area (Å²) in [6.45, 7) is 15.7. The quantitative estimate of drug-likeness (QED) is 0.0823. The molecule has 1 heterocycles. The molecule has 0 aromatic heterocycles. The molecule has 2 unspecified atom stereocenters. The van der Waals surface area contributed by atoms with Crippen LogP contribution in [0, 0.1) is 0 Å². The van der Waals surface area contributed by atoms with Crippen LogP contribution in [-0.2, 0) is 39.8 Å². The molecule has 0 saturated carbocycles. The van der Waals surface area contributed by atoms with E-state index in [0.717, 1.165) is 56.9 Å². The minimum atomic E-state index is -1.18. The molecule has 8 heteroatoms. The van der Waals surface area contributed by atoms with Gasteiger partial charge in [0.25, 0.3) is 0 Å². The Bertz CT molecular complexity index is 869. The van der Waals surface area contributed by atoms with Crippen molar-refractivity contribution in [2.45, 2.75) is 128 Å². The molecule has 0 bridgehead atoms. The standard InChI is InChI=1S/C35H59NO7/c1-7-12-22-39-27-29-30(40-23-13-8-2)31(41-24-14-9-3)33(42-25-15-10-4)35(43-29,21-11-5)32(34(37)38-6)36-26-28-19-17-16-18-20-28/h11,16-20,29-33,36H,5,7-10,12-15,21-27H2,1-4,6H3/t29?,30-,31+,32-,33?,35+/m1/s1. The van der Waals surface area contributed by atoms with Gasteiger partial charge < -0.3 is 28.4 Å². The average Bonchev–Trinajstić information content (AvgIpc) is 3.02. The maximum absolute atomic E-state index is 13.7. The van der Waals surface area contributed by atoms with Gasteiger partial charge in [-0.15, -0.1) is 6.58 Å². The van der Waals surface area contributed by atoms with Gasteiger partial charge in [0.05, 0.1) is 13.7 Å². The SMILES string of the molecule is C=CC[C@@]1([C@H](NCc2ccccc2)C(=O)OC)OC(COCCCC)[C@@H](OCCCC)[C@H](OCCCC)C1OCCCC. The lowest BCUT2D eigenvalue weighted by molar-refractivity contribution is -0.308. The molecule has 0 spiro atoms. The summed E-state index contributed by atoms with van der Waals surface area (Å²) in [6.07, 6.45) is 7.77. The first-order valence-electron chi connectivity index (χ1n) is 16.6. The van der Waals surface area contributed by atoms with Crippen LogP contribution in [-0.4, -0.2) is 82.2 Å². The van der Waals surface area contributed by atoms with Gasteiger partial charge in [-0.2, -0.15) is 0 Å². The molecule has 1 saturated heterocycles. The normalized spacial score (nSPS) is 24.5. The van der Waals surface area contributed by atoms with E-state index >= 15 is 0 Å².